The molecule has 2 atom stereocenters. The summed E-state index contributed by atoms with van der Waals surface area (Å²) in [5, 5.41) is 9.29. The smallest absolute Gasteiger partial charge is 0.0624 e. The van der Waals surface area contributed by atoms with E-state index in [4.69, 9.17) is 5.73 Å². The fourth-order valence-corrected chi connectivity index (χ4v) is 3.28. The fraction of sp³-hybridized carbons (Fsp3) is 0.625. The van der Waals surface area contributed by atoms with Crippen LogP contribution in [0.3, 0.4) is 0 Å². The van der Waals surface area contributed by atoms with Gasteiger partial charge in [-0.05, 0) is 41.7 Å². The van der Waals surface area contributed by atoms with Crippen molar-refractivity contribution in [2.45, 2.75) is 51.5 Å². The Morgan fingerprint density at radius 2 is 2.11 bits per heavy atom. The second-order valence-electron chi connectivity index (χ2n) is 6.38. The van der Waals surface area contributed by atoms with E-state index in [-0.39, 0.29) is 12.6 Å². The van der Waals surface area contributed by atoms with Crippen LogP contribution in [-0.2, 0) is 0 Å². The van der Waals surface area contributed by atoms with E-state index in [9.17, 15) is 5.11 Å². The predicted octanol–water partition coefficient (Wildman–Crippen LogP) is 3.36. The van der Waals surface area contributed by atoms with Crippen LogP contribution in [0, 0.1) is 5.41 Å². The van der Waals surface area contributed by atoms with Crippen molar-refractivity contribution in [1.29, 1.82) is 0 Å². The van der Waals surface area contributed by atoms with Crippen LogP contribution in [0.4, 0.5) is 0 Å². The molecule has 2 rings (SSSR count). The molecule has 2 unspecified atom stereocenters. The van der Waals surface area contributed by atoms with Gasteiger partial charge in [0.05, 0.1) is 12.6 Å². The maximum atomic E-state index is 9.29. The quantitative estimate of drug-likeness (QED) is 0.860. The zero-order valence-corrected chi connectivity index (χ0v) is 11.5. The van der Waals surface area contributed by atoms with Gasteiger partial charge in [0.2, 0.25) is 0 Å². The van der Waals surface area contributed by atoms with E-state index >= 15 is 0 Å². The molecule has 1 aromatic rings. The zero-order valence-electron chi connectivity index (χ0n) is 11.5. The van der Waals surface area contributed by atoms with Crippen molar-refractivity contribution >= 4 is 0 Å². The minimum atomic E-state index is -0.244. The Hall–Kier alpha value is -0.860. The Morgan fingerprint density at radius 1 is 1.39 bits per heavy atom. The molecule has 0 spiro atoms. The summed E-state index contributed by atoms with van der Waals surface area (Å²) in [4.78, 5) is 0. The molecule has 0 aromatic heterocycles. The van der Waals surface area contributed by atoms with Crippen molar-refractivity contribution < 1.29 is 5.11 Å². The van der Waals surface area contributed by atoms with Crippen LogP contribution in [-0.4, -0.2) is 11.7 Å². The monoisotopic (exact) mass is 247 g/mol. The van der Waals surface area contributed by atoms with Crippen LogP contribution in [0.5, 0.6) is 0 Å². The molecule has 2 heteroatoms. The van der Waals surface area contributed by atoms with Gasteiger partial charge in [0.15, 0.2) is 0 Å². The summed E-state index contributed by atoms with van der Waals surface area (Å²) in [6.45, 7) is 4.73. The van der Waals surface area contributed by atoms with Crippen LogP contribution in [0.2, 0.25) is 0 Å². The maximum absolute atomic E-state index is 9.29. The predicted molar refractivity (Wildman–Crippen MR) is 75.4 cm³/mol. The lowest BCUT2D eigenvalue weighted by Crippen LogP contribution is -2.24. The Kier molecular flexibility index (Phi) is 4.08. The lowest BCUT2D eigenvalue weighted by molar-refractivity contribution is 0.217. The van der Waals surface area contributed by atoms with Gasteiger partial charge in [-0.15, -0.1) is 0 Å². The third-order valence-electron chi connectivity index (χ3n) is 4.24. The first-order valence-electron chi connectivity index (χ1n) is 6.99. The van der Waals surface area contributed by atoms with Gasteiger partial charge in [-0.1, -0.05) is 44.5 Å². The van der Waals surface area contributed by atoms with Crippen molar-refractivity contribution in [1.82, 2.24) is 0 Å². The first-order chi connectivity index (χ1) is 8.53. The molecule has 0 radical (unpaired) electrons. The molecule has 1 aliphatic carbocycles. The summed E-state index contributed by atoms with van der Waals surface area (Å²) in [5.74, 6) is 0.600. The molecule has 3 N–H and O–H groups in total. The van der Waals surface area contributed by atoms with E-state index in [2.05, 4.69) is 32.0 Å². The number of nitrogens with two attached hydrogens (primary N) is 1. The highest BCUT2D eigenvalue weighted by Crippen LogP contribution is 2.44. The molecule has 0 aliphatic heterocycles. The van der Waals surface area contributed by atoms with Gasteiger partial charge in [-0.25, -0.2) is 0 Å². The molecule has 0 bridgehead atoms. The number of hydrogen-bond acceptors (Lipinski definition) is 2. The van der Waals surface area contributed by atoms with Gasteiger partial charge in [-0.2, -0.15) is 0 Å². The molecule has 1 aliphatic rings. The Bertz CT molecular complexity index is 400. The van der Waals surface area contributed by atoms with Gasteiger partial charge in [0.1, 0.15) is 0 Å². The number of benzene rings is 1. The van der Waals surface area contributed by atoms with E-state index in [0.717, 1.165) is 5.56 Å². The van der Waals surface area contributed by atoms with E-state index in [1.807, 2.05) is 6.07 Å². The van der Waals surface area contributed by atoms with Crippen molar-refractivity contribution in [3.05, 3.63) is 35.4 Å². The summed E-state index contributed by atoms with van der Waals surface area (Å²) in [6, 6.07) is 8.12. The summed E-state index contributed by atoms with van der Waals surface area (Å²) in [6.07, 6.45) is 5.08. The number of aliphatic hydroxyl groups is 1. The van der Waals surface area contributed by atoms with E-state index < -0.39 is 0 Å². The molecule has 1 fully saturated rings. The molecule has 0 heterocycles. The van der Waals surface area contributed by atoms with E-state index in [0.29, 0.717) is 11.3 Å². The fourth-order valence-electron chi connectivity index (χ4n) is 3.28. The molecule has 0 amide bonds. The van der Waals surface area contributed by atoms with Gasteiger partial charge < -0.3 is 10.8 Å². The molecule has 1 saturated carbocycles. The normalized spacial score (nSPS) is 24.8. The summed E-state index contributed by atoms with van der Waals surface area (Å²) >= 11 is 0. The second-order valence-corrected chi connectivity index (χ2v) is 6.38. The minimum absolute atomic E-state index is 0.0210. The molecule has 1 aromatic carbocycles. The van der Waals surface area contributed by atoms with Crippen LogP contribution in [0.25, 0.3) is 0 Å². The van der Waals surface area contributed by atoms with E-state index in [1.54, 1.807) is 0 Å². The summed E-state index contributed by atoms with van der Waals surface area (Å²) < 4.78 is 0. The average Bonchev–Trinajstić information content (AvgIpc) is 2.36. The first kappa shape index (κ1) is 13.6. The first-order valence-corrected chi connectivity index (χ1v) is 6.99. The second kappa shape index (κ2) is 5.41. The SMILES string of the molecule is CC1(C)CCCC(c2ccccc2C(N)CO)C1. The van der Waals surface area contributed by atoms with Gasteiger partial charge in [-0.3, -0.25) is 0 Å². The van der Waals surface area contributed by atoms with Crippen LogP contribution in [0.1, 0.15) is 62.6 Å². The maximum Gasteiger partial charge on any atom is 0.0624 e. The largest absolute Gasteiger partial charge is 0.394 e. The summed E-state index contributed by atoms with van der Waals surface area (Å²) in [7, 11) is 0. The van der Waals surface area contributed by atoms with Gasteiger partial charge in [0, 0.05) is 0 Å². The average molecular weight is 247 g/mol. The van der Waals surface area contributed by atoms with Crippen molar-refractivity contribution in [2.75, 3.05) is 6.61 Å². The van der Waals surface area contributed by atoms with Gasteiger partial charge >= 0.3 is 0 Å². The van der Waals surface area contributed by atoms with Gasteiger partial charge in [0.25, 0.3) is 0 Å². The molecular formula is C16H25NO. The highest BCUT2D eigenvalue weighted by molar-refractivity contribution is 5.33. The number of rotatable bonds is 3. The highest BCUT2D eigenvalue weighted by atomic mass is 16.3. The molecular weight excluding hydrogens is 222 g/mol. The third-order valence-corrected chi connectivity index (χ3v) is 4.24. The topological polar surface area (TPSA) is 46.2 Å². The summed E-state index contributed by atoms with van der Waals surface area (Å²) in [5.41, 5.74) is 8.93. The van der Waals surface area contributed by atoms with Crippen molar-refractivity contribution in [2.24, 2.45) is 11.1 Å². The minimum Gasteiger partial charge on any atom is -0.394 e. The number of hydrogen-bond donors (Lipinski definition) is 2. The standard InChI is InChI=1S/C16H25NO/c1-16(2)9-5-6-12(10-16)13-7-3-4-8-14(13)15(17)11-18/h3-4,7-8,12,15,18H,5-6,9-11,17H2,1-2H3. The third kappa shape index (κ3) is 2.93. The van der Waals surface area contributed by atoms with Crippen LogP contribution >= 0.6 is 0 Å². The zero-order chi connectivity index (χ0) is 13.2. The molecule has 2 nitrogen and oxygen atoms in total. The molecule has 100 valence electrons. The lowest BCUT2D eigenvalue weighted by Gasteiger charge is -2.36. The highest BCUT2D eigenvalue weighted by Gasteiger charge is 2.30. The molecule has 0 saturated heterocycles. The van der Waals surface area contributed by atoms with E-state index in [1.165, 1.54) is 31.2 Å². The van der Waals surface area contributed by atoms with Crippen molar-refractivity contribution in [3.8, 4) is 0 Å². The Balaban J connectivity index is 2.27. The number of aliphatic hydroxyl groups excluding tert-OH is 1. The molecule has 18 heavy (non-hydrogen) atoms. The Morgan fingerprint density at radius 3 is 2.78 bits per heavy atom. The Labute approximate surface area is 110 Å². The lowest BCUT2D eigenvalue weighted by atomic mass is 9.69. The van der Waals surface area contributed by atoms with Crippen LogP contribution in [0.15, 0.2) is 24.3 Å². The van der Waals surface area contributed by atoms with Crippen LogP contribution < -0.4 is 5.73 Å². The van der Waals surface area contributed by atoms with Crippen molar-refractivity contribution in [3.63, 3.8) is 0 Å².